The smallest absolute Gasteiger partial charge is 0.159 e. The van der Waals surface area contributed by atoms with Gasteiger partial charge < -0.3 is 0 Å². The Labute approximate surface area is 60.7 Å². The van der Waals surface area contributed by atoms with Gasteiger partial charge in [-0.1, -0.05) is 24.3 Å². The van der Waals surface area contributed by atoms with Gasteiger partial charge in [-0.05, 0) is 19.4 Å². The Hall–Kier alpha value is -1.11. The lowest BCUT2D eigenvalue weighted by Crippen LogP contribution is -1.96. The predicted octanol–water partition coefficient (Wildman–Crippen LogP) is 2.02. The average molecular weight is 134 g/mol. The number of allylic oxidation sites excluding steroid dienone is 5. The second-order valence-electron chi connectivity index (χ2n) is 2.42. The van der Waals surface area contributed by atoms with Crippen LogP contribution in [-0.2, 0) is 4.79 Å². The first-order valence-corrected chi connectivity index (χ1v) is 3.27. The Morgan fingerprint density at radius 1 is 1.70 bits per heavy atom. The van der Waals surface area contributed by atoms with Crippen LogP contribution in [0.1, 0.15) is 13.3 Å². The van der Waals surface area contributed by atoms with Gasteiger partial charge in [-0.2, -0.15) is 0 Å². The van der Waals surface area contributed by atoms with Gasteiger partial charge in [0.1, 0.15) is 0 Å². The maximum atomic E-state index is 10.8. The lowest BCUT2D eigenvalue weighted by atomic mass is 10.0. The molecular formula is C9H10O. The molecule has 0 saturated heterocycles. The molecule has 0 amide bonds. The van der Waals surface area contributed by atoms with E-state index in [0.717, 1.165) is 17.6 Å². The van der Waals surface area contributed by atoms with E-state index in [2.05, 4.69) is 6.58 Å². The van der Waals surface area contributed by atoms with E-state index in [1.54, 1.807) is 6.92 Å². The van der Waals surface area contributed by atoms with Crippen molar-refractivity contribution in [2.75, 3.05) is 0 Å². The zero-order valence-corrected chi connectivity index (χ0v) is 6.05. The standard InChI is InChI=1S/C9H10O/c1-7-4-3-5-9(6-7)8(2)10/h3,5-6H,1,4H2,2H3. The van der Waals surface area contributed by atoms with E-state index in [-0.39, 0.29) is 5.78 Å². The summed E-state index contributed by atoms with van der Waals surface area (Å²) in [6.07, 6.45) is 6.51. The van der Waals surface area contributed by atoms with Crippen molar-refractivity contribution in [2.24, 2.45) is 0 Å². The van der Waals surface area contributed by atoms with Gasteiger partial charge in [-0.25, -0.2) is 0 Å². The van der Waals surface area contributed by atoms with E-state index >= 15 is 0 Å². The number of hydrogen-bond acceptors (Lipinski definition) is 1. The first-order chi connectivity index (χ1) is 4.70. The van der Waals surface area contributed by atoms with Crippen LogP contribution >= 0.6 is 0 Å². The molecule has 0 unspecified atom stereocenters. The van der Waals surface area contributed by atoms with Crippen LogP contribution in [0.4, 0.5) is 0 Å². The third-order valence-corrected chi connectivity index (χ3v) is 1.44. The summed E-state index contributed by atoms with van der Waals surface area (Å²) in [6.45, 7) is 5.33. The van der Waals surface area contributed by atoms with Gasteiger partial charge in [0.2, 0.25) is 0 Å². The Bertz CT molecular complexity index is 229. The van der Waals surface area contributed by atoms with E-state index in [4.69, 9.17) is 0 Å². The van der Waals surface area contributed by atoms with Crippen LogP contribution in [0.5, 0.6) is 0 Å². The summed E-state index contributed by atoms with van der Waals surface area (Å²) in [6, 6.07) is 0. The van der Waals surface area contributed by atoms with E-state index in [9.17, 15) is 4.79 Å². The molecule has 0 heterocycles. The van der Waals surface area contributed by atoms with E-state index in [1.165, 1.54) is 0 Å². The molecule has 1 nitrogen and oxygen atoms in total. The van der Waals surface area contributed by atoms with Crippen molar-refractivity contribution in [1.29, 1.82) is 0 Å². The molecule has 1 rings (SSSR count). The molecule has 0 aromatic carbocycles. The van der Waals surface area contributed by atoms with E-state index in [0.29, 0.717) is 0 Å². The SMILES string of the molecule is C=C1C=C(C(C)=O)C=CC1. The molecule has 0 fully saturated rings. The first kappa shape index (κ1) is 7.00. The highest BCUT2D eigenvalue weighted by Gasteiger charge is 2.02. The molecule has 0 aromatic rings. The Balaban J connectivity index is 2.86. The number of ketones is 1. The Morgan fingerprint density at radius 2 is 2.40 bits per heavy atom. The predicted molar refractivity (Wildman–Crippen MR) is 41.7 cm³/mol. The van der Waals surface area contributed by atoms with Crippen molar-refractivity contribution in [3.63, 3.8) is 0 Å². The molecule has 0 N–H and O–H groups in total. The maximum absolute atomic E-state index is 10.8. The summed E-state index contributed by atoms with van der Waals surface area (Å²) in [7, 11) is 0. The van der Waals surface area contributed by atoms with Gasteiger partial charge in [0, 0.05) is 5.57 Å². The zero-order valence-electron chi connectivity index (χ0n) is 6.05. The highest BCUT2D eigenvalue weighted by atomic mass is 16.1. The summed E-state index contributed by atoms with van der Waals surface area (Å²) in [4.78, 5) is 10.8. The highest BCUT2D eigenvalue weighted by molar-refractivity contribution is 5.96. The van der Waals surface area contributed by atoms with Crippen molar-refractivity contribution in [3.8, 4) is 0 Å². The van der Waals surface area contributed by atoms with Crippen molar-refractivity contribution in [2.45, 2.75) is 13.3 Å². The monoisotopic (exact) mass is 134 g/mol. The lowest BCUT2D eigenvalue weighted by Gasteiger charge is -2.03. The topological polar surface area (TPSA) is 17.1 Å². The van der Waals surface area contributed by atoms with Gasteiger partial charge in [0.05, 0.1) is 0 Å². The second kappa shape index (κ2) is 2.65. The third-order valence-electron chi connectivity index (χ3n) is 1.44. The van der Waals surface area contributed by atoms with Crippen LogP contribution < -0.4 is 0 Å². The molecule has 1 aliphatic rings. The van der Waals surface area contributed by atoms with Gasteiger partial charge in [-0.3, -0.25) is 4.79 Å². The van der Waals surface area contributed by atoms with Crippen molar-refractivity contribution < 1.29 is 4.79 Å². The summed E-state index contributed by atoms with van der Waals surface area (Å²) in [5, 5.41) is 0. The average Bonchev–Trinajstić information content (AvgIpc) is 1.88. The lowest BCUT2D eigenvalue weighted by molar-refractivity contribution is -0.113. The second-order valence-corrected chi connectivity index (χ2v) is 2.42. The van der Waals surface area contributed by atoms with Crippen molar-refractivity contribution in [3.05, 3.63) is 36.0 Å². The molecule has 10 heavy (non-hydrogen) atoms. The molecule has 0 aliphatic heterocycles. The fourth-order valence-electron chi connectivity index (χ4n) is 0.883. The van der Waals surface area contributed by atoms with Gasteiger partial charge >= 0.3 is 0 Å². The summed E-state index contributed by atoms with van der Waals surface area (Å²) in [5.74, 6) is 0.108. The number of carbonyl (C=O) groups excluding carboxylic acids is 1. The molecule has 0 atom stereocenters. The van der Waals surface area contributed by atoms with Crippen LogP contribution in [0.15, 0.2) is 36.0 Å². The summed E-state index contributed by atoms with van der Waals surface area (Å²) < 4.78 is 0. The normalized spacial score (nSPS) is 16.9. The number of rotatable bonds is 1. The third kappa shape index (κ3) is 1.44. The fourth-order valence-corrected chi connectivity index (χ4v) is 0.883. The minimum Gasteiger partial charge on any atom is -0.295 e. The Morgan fingerprint density at radius 3 is 2.80 bits per heavy atom. The Kier molecular flexibility index (Phi) is 1.86. The van der Waals surface area contributed by atoms with Gasteiger partial charge in [0.15, 0.2) is 5.78 Å². The highest BCUT2D eigenvalue weighted by Crippen LogP contribution is 2.13. The summed E-state index contributed by atoms with van der Waals surface area (Å²) >= 11 is 0. The van der Waals surface area contributed by atoms with Crippen LogP contribution in [0.25, 0.3) is 0 Å². The van der Waals surface area contributed by atoms with Gasteiger partial charge in [-0.15, -0.1) is 0 Å². The van der Waals surface area contributed by atoms with Crippen molar-refractivity contribution in [1.82, 2.24) is 0 Å². The minimum absolute atomic E-state index is 0.108. The van der Waals surface area contributed by atoms with E-state index in [1.807, 2.05) is 18.2 Å². The first-order valence-electron chi connectivity index (χ1n) is 3.27. The van der Waals surface area contributed by atoms with Crippen LogP contribution in [0.3, 0.4) is 0 Å². The minimum atomic E-state index is 0.108. The molecule has 0 bridgehead atoms. The number of carbonyl (C=O) groups is 1. The number of hydrogen-bond donors (Lipinski definition) is 0. The van der Waals surface area contributed by atoms with Crippen LogP contribution in [0, 0.1) is 0 Å². The molecule has 0 saturated carbocycles. The molecule has 0 radical (unpaired) electrons. The molecule has 1 heteroatoms. The largest absolute Gasteiger partial charge is 0.295 e. The van der Waals surface area contributed by atoms with E-state index < -0.39 is 0 Å². The molecule has 0 aromatic heterocycles. The fraction of sp³-hybridized carbons (Fsp3) is 0.222. The van der Waals surface area contributed by atoms with Crippen LogP contribution in [0.2, 0.25) is 0 Å². The molecule has 1 aliphatic carbocycles. The number of Topliss-reactive ketones (excluding diaryl/α,β-unsaturated/α-hetero) is 1. The summed E-state index contributed by atoms with van der Waals surface area (Å²) in [5.41, 5.74) is 1.77. The maximum Gasteiger partial charge on any atom is 0.159 e. The van der Waals surface area contributed by atoms with Crippen molar-refractivity contribution >= 4 is 5.78 Å². The zero-order chi connectivity index (χ0) is 7.56. The quantitative estimate of drug-likeness (QED) is 0.536. The molecule has 52 valence electrons. The van der Waals surface area contributed by atoms with Crippen LogP contribution in [-0.4, -0.2) is 5.78 Å². The molecule has 0 spiro atoms. The van der Waals surface area contributed by atoms with Gasteiger partial charge in [0.25, 0.3) is 0 Å². The molecular weight excluding hydrogens is 124 g/mol.